The van der Waals surface area contributed by atoms with Crippen molar-refractivity contribution in [1.29, 1.82) is 0 Å². The summed E-state index contributed by atoms with van der Waals surface area (Å²) in [6.07, 6.45) is 3.24. The maximum absolute atomic E-state index is 12.2. The summed E-state index contributed by atoms with van der Waals surface area (Å²) in [6, 6.07) is 4.77. The van der Waals surface area contributed by atoms with E-state index < -0.39 is 0 Å². The van der Waals surface area contributed by atoms with Crippen molar-refractivity contribution in [2.45, 2.75) is 39.2 Å². The van der Waals surface area contributed by atoms with Gasteiger partial charge < -0.3 is 10.2 Å². The predicted octanol–water partition coefficient (Wildman–Crippen LogP) is 3.02. The van der Waals surface area contributed by atoms with Gasteiger partial charge >= 0.3 is 0 Å². The van der Waals surface area contributed by atoms with Crippen LogP contribution < -0.4 is 10.2 Å². The van der Waals surface area contributed by atoms with Gasteiger partial charge in [0.05, 0.1) is 16.1 Å². The molecule has 116 valence electrons. The molecule has 2 aliphatic rings. The number of fused-ring (bicyclic) bond motifs is 1. The maximum Gasteiger partial charge on any atom is 0.225 e. The van der Waals surface area contributed by atoms with Gasteiger partial charge in [-0.1, -0.05) is 17.4 Å². The number of hydrogen-bond donors (Lipinski definition) is 1. The summed E-state index contributed by atoms with van der Waals surface area (Å²) in [5.74, 6) is 0.355. The highest BCUT2D eigenvalue weighted by Gasteiger charge is 2.33. The third-order valence-electron chi connectivity index (χ3n) is 4.83. The molecule has 0 spiro atoms. The first-order chi connectivity index (χ1) is 10.6. The van der Waals surface area contributed by atoms with Crippen molar-refractivity contribution < 1.29 is 4.79 Å². The van der Waals surface area contributed by atoms with E-state index in [0.717, 1.165) is 43.0 Å². The Morgan fingerprint density at radius 2 is 2.14 bits per heavy atom. The zero-order chi connectivity index (χ0) is 15.3. The van der Waals surface area contributed by atoms with Crippen molar-refractivity contribution in [3.05, 3.63) is 23.3 Å². The van der Waals surface area contributed by atoms with Gasteiger partial charge in [-0.25, -0.2) is 4.98 Å². The number of nitrogens with one attached hydrogen (secondary N) is 1. The molecule has 1 amide bonds. The molecule has 5 heteroatoms. The highest BCUT2D eigenvalue weighted by atomic mass is 32.1. The van der Waals surface area contributed by atoms with Crippen molar-refractivity contribution in [1.82, 2.24) is 10.3 Å². The van der Waals surface area contributed by atoms with Gasteiger partial charge in [0, 0.05) is 19.1 Å². The van der Waals surface area contributed by atoms with E-state index in [1.54, 1.807) is 11.3 Å². The number of carbonyl (C=O) groups excluding carboxylic acids is 1. The van der Waals surface area contributed by atoms with Crippen LogP contribution in [0.25, 0.3) is 10.2 Å². The standard InChI is InChI=1S/C17H21N3OS/c1-10-3-6-14-15(11(10)2)19-17(22-14)20-8-7-12(9-20)16(21)18-13-4-5-13/h3,6,12-13H,4-5,7-9H2,1-2H3,(H,18,21). The lowest BCUT2D eigenvalue weighted by atomic mass is 10.1. The van der Waals surface area contributed by atoms with Gasteiger partial charge in [0.2, 0.25) is 5.91 Å². The monoisotopic (exact) mass is 315 g/mol. The molecule has 1 aromatic heterocycles. The van der Waals surface area contributed by atoms with Crippen LogP contribution in [0, 0.1) is 19.8 Å². The van der Waals surface area contributed by atoms with Crippen LogP contribution in [-0.2, 0) is 4.79 Å². The number of amides is 1. The zero-order valence-electron chi connectivity index (χ0n) is 13.1. The molecule has 4 rings (SSSR count). The Hall–Kier alpha value is -1.62. The van der Waals surface area contributed by atoms with Crippen LogP contribution in [0.2, 0.25) is 0 Å². The largest absolute Gasteiger partial charge is 0.353 e. The molecule has 2 heterocycles. The van der Waals surface area contributed by atoms with Crippen LogP contribution in [0.4, 0.5) is 5.13 Å². The minimum absolute atomic E-state index is 0.121. The summed E-state index contributed by atoms with van der Waals surface area (Å²) in [5, 5.41) is 4.19. The first-order valence-electron chi connectivity index (χ1n) is 8.04. The second kappa shape index (κ2) is 5.23. The van der Waals surface area contributed by atoms with Gasteiger partial charge in [0.1, 0.15) is 0 Å². The van der Waals surface area contributed by atoms with E-state index in [1.165, 1.54) is 15.8 Å². The summed E-state index contributed by atoms with van der Waals surface area (Å²) in [6.45, 7) is 6.00. The van der Waals surface area contributed by atoms with Crippen LogP contribution >= 0.6 is 11.3 Å². The number of carbonyl (C=O) groups is 1. The number of hydrogen-bond acceptors (Lipinski definition) is 4. The number of rotatable bonds is 3. The van der Waals surface area contributed by atoms with E-state index in [0.29, 0.717) is 6.04 Å². The number of benzene rings is 1. The van der Waals surface area contributed by atoms with Crippen LogP contribution in [0.15, 0.2) is 12.1 Å². The lowest BCUT2D eigenvalue weighted by molar-refractivity contribution is -0.124. The Bertz CT molecular complexity index is 735. The van der Waals surface area contributed by atoms with Gasteiger partial charge in [-0.2, -0.15) is 0 Å². The molecule has 0 radical (unpaired) electrons. The van der Waals surface area contributed by atoms with E-state index in [2.05, 4.69) is 36.2 Å². The third kappa shape index (κ3) is 2.47. The summed E-state index contributed by atoms with van der Waals surface area (Å²) in [4.78, 5) is 19.3. The van der Waals surface area contributed by atoms with E-state index in [1.807, 2.05) is 0 Å². The van der Waals surface area contributed by atoms with E-state index in [4.69, 9.17) is 4.98 Å². The SMILES string of the molecule is Cc1ccc2sc(N3CCC(C(=O)NC4CC4)C3)nc2c1C. The molecule has 1 saturated heterocycles. The topological polar surface area (TPSA) is 45.2 Å². The normalized spacial score (nSPS) is 21.5. The molecule has 22 heavy (non-hydrogen) atoms. The number of thiazole rings is 1. The molecule has 1 aliphatic heterocycles. The molecule has 1 unspecified atom stereocenters. The Morgan fingerprint density at radius 1 is 1.32 bits per heavy atom. The van der Waals surface area contributed by atoms with Crippen molar-refractivity contribution in [2.24, 2.45) is 5.92 Å². The fraction of sp³-hybridized carbons (Fsp3) is 0.529. The third-order valence-corrected chi connectivity index (χ3v) is 5.91. The first kappa shape index (κ1) is 14.0. The average molecular weight is 315 g/mol. The molecule has 1 aromatic carbocycles. The van der Waals surface area contributed by atoms with Crippen LogP contribution in [-0.4, -0.2) is 30.0 Å². The molecule has 0 bridgehead atoms. The lowest BCUT2D eigenvalue weighted by Crippen LogP contribution is -2.34. The van der Waals surface area contributed by atoms with Crippen LogP contribution in [0.5, 0.6) is 0 Å². The fourth-order valence-electron chi connectivity index (χ4n) is 3.04. The highest BCUT2D eigenvalue weighted by molar-refractivity contribution is 7.22. The molecule has 2 aromatic rings. The smallest absolute Gasteiger partial charge is 0.225 e. The van der Waals surface area contributed by atoms with Crippen molar-refractivity contribution in [3.63, 3.8) is 0 Å². The van der Waals surface area contributed by atoms with Gasteiger partial charge in [0.25, 0.3) is 0 Å². The van der Waals surface area contributed by atoms with Crippen molar-refractivity contribution in [2.75, 3.05) is 18.0 Å². The maximum atomic E-state index is 12.2. The molecule has 4 nitrogen and oxygen atoms in total. The lowest BCUT2D eigenvalue weighted by Gasteiger charge is -2.14. The Labute approximate surface area is 134 Å². The Balaban J connectivity index is 1.53. The number of aryl methyl sites for hydroxylation is 2. The molecule has 1 atom stereocenters. The molecule has 1 aliphatic carbocycles. The van der Waals surface area contributed by atoms with E-state index >= 15 is 0 Å². The van der Waals surface area contributed by atoms with Crippen LogP contribution in [0.1, 0.15) is 30.4 Å². The van der Waals surface area contributed by atoms with E-state index in [9.17, 15) is 4.79 Å². The molecule has 1 saturated carbocycles. The second-order valence-corrected chi connectivity index (χ2v) is 7.57. The zero-order valence-corrected chi connectivity index (χ0v) is 13.9. The van der Waals surface area contributed by atoms with E-state index in [-0.39, 0.29) is 11.8 Å². The van der Waals surface area contributed by atoms with Gasteiger partial charge in [-0.15, -0.1) is 0 Å². The van der Waals surface area contributed by atoms with Gasteiger partial charge in [-0.05, 0) is 50.3 Å². The highest BCUT2D eigenvalue weighted by Crippen LogP contribution is 2.34. The molecule has 1 N–H and O–H groups in total. The van der Waals surface area contributed by atoms with Gasteiger partial charge in [0.15, 0.2) is 5.13 Å². The minimum atomic E-state index is 0.121. The van der Waals surface area contributed by atoms with Crippen molar-refractivity contribution >= 4 is 32.6 Å². The summed E-state index contributed by atoms with van der Waals surface area (Å²) >= 11 is 1.74. The minimum Gasteiger partial charge on any atom is -0.353 e. The van der Waals surface area contributed by atoms with Gasteiger partial charge in [-0.3, -0.25) is 4.79 Å². The summed E-state index contributed by atoms with van der Waals surface area (Å²) < 4.78 is 1.24. The molecule has 2 fully saturated rings. The molecular weight excluding hydrogens is 294 g/mol. The number of anilines is 1. The average Bonchev–Trinajstić information content (AvgIpc) is 3.04. The molecular formula is C17H21N3OS. The Kier molecular flexibility index (Phi) is 3.33. The second-order valence-electron chi connectivity index (χ2n) is 6.57. The summed E-state index contributed by atoms with van der Waals surface area (Å²) in [5.41, 5.74) is 3.67. The van der Waals surface area contributed by atoms with Crippen molar-refractivity contribution in [3.8, 4) is 0 Å². The fourth-order valence-corrected chi connectivity index (χ4v) is 4.10. The van der Waals surface area contributed by atoms with Crippen LogP contribution in [0.3, 0.4) is 0 Å². The number of aromatic nitrogens is 1. The quantitative estimate of drug-likeness (QED) is 0.947. The Morgan fingerprint density at radius 3 is 2.91 bits per heavy atom. The number of nitrogens with zero attached hydrogens (tertiary/aromatic N) is 2. The summed E-state index contributed by atoms with van der Waals surface area (Å²) in [7, 11) is 0. The first-order valence-corrected chi connectivity index (χ1v) is 8.85. The predicted molar refractivity (Wildman–Crippen MR) is 90.6 cm³/mol.